The van der Waals surface area contributed by atoms with Crippen molar-refractivity contribution < 1.29 is 33.1 Å². The summed E-state index contributed by atoms with van der Waals surface area (Å²) in [4.78, 5) is 18.2. The van der Waals surface area contributed by atoms with E-state index in [1.54, 1.807) is 18.3 Å². The minimum Gasteiger partial charge on any atom is -0.493 e. The Morgan fingerprint density at radius 1 is 1.07 bits per heavy atom. The molecule has 9 nitrogen and oxygen atoms in total. The Morgan fingerprint density at radius 3 is 2.25 bits per heavy atom. The van der Waals surface area contributed by atoms with E-state index in [0.29, 0.717) is 17.1 Å². The van der Waals surface area contributed by atoms with Gasteiger partial charge in [0.2, 0.25) is 5.75 Å². The molecule has 0 aliphatic rings. The number of aryl methyl sites for hydroxylation is 1. The number of aromatic nitrogens is 1. The van der Waals surface area contributed by atoms with E-state index in [9.17, 15) is 9.83 Å². The third-order valence-electron chi connectivity index (χ3n) is 3.96. The molecule has 0 aliphatic carbocycles. The van der Waals surface area contributed by atoms with Crippen LogP contribution in [0.5, 0.6) is 28.7 Å². The average molecular weight is 404 g/mol. The molecule has 0 spiro atoms. The van der Waals surface area contributed by atoms with Gasteiger partial charge >= 0.3 is 7.82 Å². The maximum Gasteiger partial charge on any atom is 0.525 e. The minimum absolute atomic E-state index is 0.0242. The molecule has 3 aromatic rings. The van der Waals surface area contributed by atoms with Crippen LogP contribution in [0.1, 0.15) is 5.56 Å². The topological polar surface area (TPSA) is 123 Å². The van der Waals surface area contributed by atoms with Gasteiger partial charge in [0, 0.05) is 36.3 Å². The van der Waals surface area contributed by atoms with Crippen LogP contribution >= 0.6 is 7.82 Å². The van der Waals surface area contributed by atoms with Crippen molar-refractivity contribution in [1.82, 2.24) is 4.57 Å². The van der Waals surface area contributed by atoms with Gasteiger partial charge in [-0.2, -0.15) is 5.26 Å². The van der Waals surface area contributed by atoms with E-state index in [2.05, 4.69) is 10.6 Å². The predicted octanol–water partition coefficient (Wildman–Crippen LogP) is 3.33. The largest absolute Gasteiger partial charge is 0.525 e. The monoisotopic (exact) mass is 404 g/mol. The van der Waals surface area contributed by atoms with Gasteiger partial charge in [0.05, 0.1) is 19.8 Å². The lowest BCUT2D eigenvalue weighted by Gasteiger charge is -2.16. The predicted molar refractivity (Wildman–Crippen MR) is 99.9 cm³/mol. The van der Waals surface area contributed by atoms with Crippen LogP contribution in [0.3, 0.4) is 0 Å². The van der Waals surface area contributed by atoms with E-state index in [-0.39, 0.29) is 17.2 Å². The number of fused-ring (bicyclic) bond motifs is 1. The zero-order chi connectivity index (χ0) is 20.5. The molecule has 0 bridgehead atoms. The molecule has 1 heterocycles. The van der Waals surface area contributed by atoms with E-state index >= 15 is 0 Å². The minimum atomic E-state index is -4.82. The summed E-state index contributed by atoms with van der Waals surface area (Å²) in [7, 11) is -0.332. The highest BCUT2D eigenvalue weighted by molar-refractivity contribution is 7.46. The normalized spacial score (nSPS) is 11.1. The first kappa shape index (κ1) is 19.6. The molecule has 2 aromatic carbocycles. The summed E-state index contributed by atoms with van der Waals surface area (Å²) in [6.07, 6.45) is 1.73. The first-order valence-corrected chi connectivity index (χ1v) is 9.47. The highest BCUT2D eigenvalue weighted by Crippen LogP contribution is 2.49. The Balaban J connectivity index is 2.02. The second kappa shape index (κ2) is 7.44. The summed E-state index contributed by atoms with van der Waals surface area (Å²) in [5.74, 6) is 0.562. The van der Waals surface area contributed by atoms with Crippen molar-refractivity contribution in [3.63, 3.8) is 0 Å². The lowest BCUT2D eigenvalue weighted by molar-refractivity contribution is 0.268. The molecule has 3 rings (SSSR count). The second-order valence-electron chi connectivity index (χ2n) is 5.79. The van der Waals surface area contributed by atoms with Crippen molar-refractivity contribution in [3.8, 4) is 34.8 Å². The Labute approximate surface area is 160 Å². The van der Waals surface area contributed by atoms with Gasteiger partial charge in [0.15, 0.2) is 11.5 Å². The Hall–Kier alpha value is -3.18. The average Bonchev–Trinajstić information content (AvgIpc) is 2.96. The first-order valence-electron chi connectivity index (χ1n) is 7.94. The number of phosphoric ester groups is 1. The molecular weight excluding hydrogens is 387 g/mol. The number of methoxy groups -OCH3 is 2. The summed E-state index contributed by atoms with van der Waals surface area (Å²) in [5, 5.41) is 10.0. The molecule has 0 saturated carbocycles. The zero-order valence-electron chi connectivity index (χ0n) is 15.2. The summed E-state index contributed by atoms with van der Waals surface area (Å²) in [6.45, 7) is 0. The highest BCUT2D eigenvalue weighted by Gasteiger charge is 2.24. The van der Waals surface area contributed by atoms with Crippen LogP contribution in [0.2, 0.25) is 0 Å². The lowest BCUT2D eigenvalue weighted by atomic mass is 10.2. The number of ether oxygens (including phenoxy) is 3. The fraction of sp³-hybridized carbons (Fsp3) is 0.167. The van der Waals surface area contributed by atoms with Crippen molar-refractivity contribution in [2.75, 3.05) is 14.2 Å². The van der Waals surface area contributed by atoms with Crippen molar-refractivity contribution in [1.29, 1.82) is 5.26 Å². The Morgan fingerprint density at radius 2 is 1.71 bits per heavy atom. The van der Waals surface area contributed by atoms with E-state index in [1.165, 1.54) is 26.4 Å². The van der Waals surface area contributed by atoms with Gasteiger partial charge < -0.3 is 23.3 Å². The van der Waals surface area contributed by atoms with E-state index < -0.39 is 7.82 Å². The fourth-order valence-electron chi connectivity index (χ4n) is 2.78. The van der Waals surface area contributed by atoms with Gasteiger partial charge in [-0.15, -0.1) is 0 Å². The molecule has 2 N–H and O–H groups in total. The van der Waals surface area contributed by atoms with Gasteiger partial charge in [0.1, 0.15) is 17.6 Å². The molecule has 0 atom stereocenters. The summed E-state index contributed by atoms with van der Waals surface area (Å²) in [5.41, 5.74) is 1.40. The first-order chi connectivity index (χ1) is 13.3. The maximum absolute atomic E-state index is 11.2. The van der Waals surface area contributed by atoms with Crippen molar-refractivity contribution in [2.45, 2.75) is 0 Å². The summed E-state index contributed by atoms with van der Waals surface area (Å²) in [6, 6.07) is 10.3. The highest BCUT2D eigenvalue weighted by atomic mass is 31.2. The van der Waals surface area contributed by atoms with Crippen molar-refractivity contribution in [3.05, 3.63) is 42.1 Å². The zero-order valence-corrected chi connectivity index (χ0v) is 16.1. The Kier molecular flexibility index (Phi) is 5.21. The van der Waals surface area contributed by atoms with Gasteiger partial charge in [-0.25, -0.2) is 4.57 Å². The van der Waals surface area contributed by atoms with Crippen LogP contribution in [-0.2, 0) is 11.6 Å². The molecule has 10 heteroatoms. The summed E-state index contributed by atoms with van der Waals surface area (Å²) >= 11 is 0. The SMILES string of the molecule is COc1cc(Oc2ccc3c(c2)c(C#N)cn3C)cc(OC)c1OP(=O)(O)O. The van der Waals surface area contributed by atoms with Gasteiger partial charge in [0.25, 0.3) is 0 Å². The third kappa shape index (κ3) is 3.89. The van der Waals surface area contributed by atoms with Crippen LogP contribution < -0.4 is 18.7 Å². The smallest absolute Gasteiger partial charge is 0.493 e. The molecule has 0 amide bonds. The lowest BCUT2D eigenvalue weighted by Crippen LogP contribution is -1.98. The number of benzene rings is 2. The van der Waals surface area contributed by atoms with Crippen molar-refractivity contribution >= 4 is 18.7 Å². The standard InChI is InChI=1S/C18H17N2O7P/c1-20-10-11(9-19)14-6-12(4-5-15(14)20)26-13-7-16(24-2)18(17(8-13)25-3)27-28(21,22)23/h4-8,10H,1-3H3,(H2,21,22,23). The van der Waals surface area contributed by atoms with Crippen LogP contribution in [0.25, 0.3) is 10.9 Å². The van der Waals surface area contributed by atoms with Crippen LogP contribution in [-0.4, -0.2) is 28.6 Å². The molecule has 1 aromatic heterocycles. The number of hydrogen-bond donors (Lipinski definition) is 2. The number of nitrogens with zero attached hydrogens (tertiary/aromatic N) is 2. The molecule has 0 saturated heterocycles. The number of hydrogen-bond acceptors (Lipinski definition) is 6. The molecule has 28 heavy (non-hydrogen) atoms. The Bertz CT molecular complexity index is 1100. The van der Waals surface area contributed by atoms with Gasteiger partial charge in [-0.05, 0) is 18.2 Å². The van der Waals surface area contributed by atoms with E-state index in [0.717, 1.165) is 10.9 Å². The van der Waals surface area contributed by atoms with Crippen LogP contribution in [0, 0.1) is 11.3 Å². The number of phosphoric acid groups is 1. The summed E-state index contributed by atoms with van der Waals surface area (Å²) < 4.78 is 33.8. The molecular formula is C18H17N2O7P. The molecule has 0 fully saturated rings. The van der Waals surface area contributed by atoms with Crippen LogP contribution in [0.4, 0.5) is 0 Å². The molecule has 0 unspecified atom stereocenters. The van der Waals surface area contributed by atoms with Gasteiger partial charge in [-0.3, -0.25) is 9.79 Å². The third-order valence-corrected chi connectivity index (χ3v) is 4.38. The maximum atomic E-state index is 11.2. The molecule has 0 aliphatic heterocycles. The van der Waals surface area contributed by atoms with Gasteiger partial charge in [-0.1, -0.05) is 0 Å². The van der Waals surface area contributed by atoms with Crippen LogP contribution in [0.15, 0.2) is 36.5 Å². The van der Waals surface area contributed by atoms with E-state index in [1.807, 2.05) is 17.7 Å². The van der Waals surface area contributed by atoms with E-state index in [4.69, 9.17) is 24.0 Å². The number of nitriles is 1. The molecule has 0 radical (unpaired) electrons. The number of rotatable bonds is 6. The second-order valence-corrected chi connectivity index (χ2v) is 6.95. The van der Waals surface area contributed by atoms with Crippen molar-refractivity contribution in [2.24, 2.45) is 7.05 Å². The fourth-order valence-corrected chi connectivity index (χ4v) is 3.20. The quantitative estimate of drug-likeness (QED) is 0.600. The molecule has 146 valence electrons.